The molecule has 0 radical (unpaired) electrons. The molecule has 0 amide bonds. The summed E-state index contributed by atoms with van der Waals surface area (Å²) in [5.41, 5.74) is 3.59. The third kappa shape index (κ3) is 2.97. The number of benzene rings is 2. The van der Waals surface area contributed by atoms with Gasteiger partial charge in [-0.05, 0) is 24.1 Å². The molecule has 2 aromatic carbocycles. The van der Waals surface area contributed by atoms with E-state index in [1.165, 1.54) is 11.1 Å². The van der Waals surface area contributed by atoms with Gasteiger partial charge in [0.1, 0.15) is 5.75 Å². The maximum atomic E-state index is 5.76. The Morgan fingerprint density at radius 3 is 2.52 bits per heavy atom. The van der Waals surface area contributed by atoms with E-state index < -0.39 is 0 Å². The highest BCUT2D eigenvalue weighted by Crippen LogP contribution is 2.32. The van der Waals surface area contributed by atoms with Gasteiger partial charge in [0, 0.05) is 24.5 Å². The van der Waals surface area contributed by atoms with E-state index in [1.807, 2.05) is 37.6 Å². The van der Waals surface area contributed by atoms with E-state index in [0.717, 1.165) is 17.9 Å². The molecule has 0 N–H and O–H groups in total. The summed E-state index contributed by atoms with van der Waals surface area (Å²) in [5, 5.41) is 0. The van der Waals surface area contributed by atoms with Crippen LogP contribution in [0.2, 0.25) is 0 Å². The second-order valence-corrected chi connectivity index (χ2v) is 4.82. The standard InChI is InChI=1S/C18H18N2O/c1-2-21-18-10-6-5-9-17(18)16-8-4-3-7-15(16)13-20-12-11-19-14-20/h3-12,14H,2,13H2,1H3. The van der Waals surface area contributed by atoms with Crippen LogP contribution in [0.4, 0.5) is 0 Å². The Morgan fingerprint density at radius 2 is 1.76 bits per heavy atom. The minimum atomic E-state index is 0.667. The van der Waals surface area contributed by atoms with Crippen molar-refractivity contribution in [1.29, 1.82) is 0 Å². The zero-order valence-electron chi connectivity index (χ0n) is 12.1. The number of aromatic nitrogens is 2. The molecule has 0 aliphatic heterocycles. The lowest BCUT2D eigenvalue weighted by Gasteiger charge is -2.14. The summed E-state index contributed by atoms with van der Waals surface area (Å²) in [6, 6.07) is 16.6. The predicted octanol–water partition coefficient (Wildman–Crippen LogP) is 4.00. The normalized spacial score (nSPS) is 10.5. The SMILES string of the molecule is CCOc1ccccc1-c1ccccc1Cn1ccnc1. The molecular weight excluding hydrogens is 260 g/mol. The van der Waals surface area contributed by atoms with Gasteiger partial charge in [-0.3, -0.25) is 0 Å². The Hall–Kier alpha value is -2.55. The number of nitrogens with zero attached hydrogens (tertiary/aromatic N) is 2. The lowest BCUT2D eigenvalue weighted by Crippen LogP contribution is -2.00. The van der Waals surface area contributed by atoms with Gasteiger partial charge in [0.15, 0.2) is 0 Å². The minimum absolute atomic E-state index is 0.667. The van der Waals surface area contributed by atoms with E-state index in [4.69, 9.17) is 4.74 Å². The monoisotopic (exact) mass is 278 g/mol. The fourth-order valence-corrected chi connectivity index (χ4v) is 2.47. The van der Waals surface area contributed by atoms with Crippen molar-refractivity contribution in [1.82, 2.24) is 9.55 Å². The lowest BCUT2D eigenvalue weighted by atomic mass is 9.99. The van der Waals surface area contributed by atoms with Crippen molar-refractivity contribution in [3.63, 3.8) is 0 Å². The van der Waals surface area contributed by atoms with Gasteiger partial charge in [0.05, 0.1) is 12.9 Å². The summed E-state index contributed by atoms with van der Waals surface area (Å²) in [6.07, 6.45) is 5.62. The first-order valence-corrected chi connectivity index (χ1v) is 7.14. The van der Waals surface area contributed by atoms with Gasteiger partial charge in [-0.15, -0.1) is 0 Å². The molecule has 3 aromatic rings. The summed E-state index contributed by atoms with van der Waals surface area (Å²) in [6.45, 7) is 3.48. The van der Waals surface area contributed by atoms with Crippen LogP contribution in [-0.2, 0) is 6.54 Å². The first-order valence-electron chi connectivity index (χ1n) is 7.14. The molecule has 0 aliphatic rings. The summed E-state index contributed by atoms with van der Waals surface area (Å²) >= 11 is 0. The zero-order chi connectivity index (χ0) is 14.5. The van der Waals surface area contributed by atoms with E-state index in [-0.39, 0.29) is 0 Å². The predicted molar refractivity (Wildman–Crippen MR) is 84.4 cm³/mol. The van der Waals surface area contributed by atoms with Gasteiger partial charge in [-0.25, -0.2) is 4.98 Å². The van der Waals surface area contributed by atoms with Gasteiger partial charge < -0.3 is 9.30 Å². The minimum Gasteiger partial charge on any atom is -0.493 e. The summed E-state index contributed by atoms with van der Waals surface area (Å²) in [7, 11) is 0. The number of imidazole rings is 1. The lowest BCUT2D eigenvalue weighted by molar-refractivity contribution is 0.341. The average molecular weight is 278 g/mol. The highest BCUT2D eigenvalue weighted by Gasteiger charge is 2.10. The van der Waals surface area contributed by atoms with Crippen LogP contribution in [0.1, 0.15) is 12.5 Å². The van der Waals surface area contributed by atoms with Crippen molar-refractivity contribution >= 4 is 0 Å². The molecule has 0 unspecified atom stereocenters. The number of hydrogen-bond donors (Lipinski definition) is 0. The molecule has 21 heavy (non-hydrogen) atoms. The summed E-state index contributed by atoms with van der Waals surface area (Å²) < 4.78 is 7.83. The third-order valence-corrected chi connectivity index (χ3v) is 3.41. The number of para-hydroxylation sites is 1. The fourth-order valence-electron chi connectivity index (χ4n) is 2.47. The van der Waals surface area contributed by atoms with Crippen molar-refractivity contribution in [2.75, 3.05) is 6.61 Å². The van der Waals surface area contributed by atoms with Crippen LogP contribution >= 0.6 is 0 Å². The Labute approximate surface area is 124 Å². The van der Waals surface area contributed by atoms with Crippen LogP contribution in [0, 0.1) is 0 Å². The van der Waals surface area contributed by atoms with Crippen LogP contribution in [0.25, 0.3) is 11.1 Å². The largest absolute Gasteiger partial charge is 0.493 e. The smallest absolute Gasteiger partial charge is 0.127 e. The Morgan fingerprint density at radius 1 is 1.00 bits per heavy atom. The molecule has 0 atom stereocenters. The van der Waals surface area contributed by atoms with Crippen molar-refractivity contribution in [3.05, 3.63) is 72.8 Å². The van der Waals surface area contributed by atoms with Crippen molar-refractivity contribution in [3.8, 4) is 16.9 Å². The molecule has 0 saturated heterocycles. The van der Waals surface area contributed by atoms with Gasteiger partial charge in [-0.2, -0.15) is 0 Å². The van der Waals surface area contributed by atoms with Gasteiger partial charge in [-0.1, -0.05) is 42.5 Å². The second kappa shape index (κ2) is 6.27. The van der Waals surface area contributed by atoms with Crippen LogP contribution in [0.15, 0.2) is 67.3 Å². The van der Waals surface area contributed by atoms with Gasteiger partial charge >= 0.3 is 0 Å². The van der Waals surface area contributed by atoms with Crippen LogP contribution in [-0.4, -0.2) is 16.2 Å². The van der Waals surface area contributed by atoms with Crippen LogP contribution < -0.4 is 4.74 Å². The van der Waals surface area contributed by atoms with E-state index in [9.17, 15) is 0 Å². The quantitative estimate of drug-likeness (QED) is 0.705. The average Bonchev–Trinajstić information content (AvgIpc) is 3.02. The highest BCUT2D eigenvalue weighted by atomic mass is 16.5. The number of ether oxygens (including phenoxy) is 1. The second-order valence-electron chi connectivity index (χ2n) is 4.82. The molecule has 1 heterocycles. The fraction of sp³-hybridized carbons (Fsp3) is 0.167. The molecule has 3 rings (SSSR count). The van der Waals surface area contributed by atoms with E-state index in [0.29, 0.717) is 6.61 Å². The molecule has 1 aromatic heterocycles. The highest BCUT2D eigenvalue weighted by molar-refractivity contribution is 5.73. The molecule has 3 heteroatoms. The molecule has 0 bridgehead atoms. The van der Waals surface area contributed by atoms with E-state index in [1.54, 1.807) is 6.20 Å². The van der Waals surface area contributed by atoms with Crippen molar-refractivity contribution in [2.24, 2.45) is 0 Å². The maximum Gasteiger partial charge on any atom is 0.127 e. The maximum absolute atomic E-state index is 5.76. The zero-order valence-corrected chi connectivity index (χ0v) is 12.1. The van der Waals surface area contributed by atoms with Crippen molar-refractivity contribution in [2.45, 2.75) is 13.5 Å². The van der Waals surface area contributed by atoms with Crippen LogP contribution in [0.3, 0.4) is 0 Å². The van der Waals surface area contributed by atoms with E-state index >= 15 is 0 Å². The molecular formula is C18H18N2O. The summed E-state index contributed by atoms with van der Waals surface area (Å²) in [5.74, 6) is 0.929. The van der Waals surface area contributed by atoms with Gasteiger partial charge in [0.2, 0.25) is 0 Å². The molecule has 106 valence electrons. The van der Waals surface area contributed by atoms with Gasteiger partial charge in [0.25, 0.3) is 0 Å². The van der Waals surface area contributed by atoms with Crippen molar-refractivity contribution < 1.29 is 4.74 Å². The van der Waals surface area contributed by atoms with E-state index in [2.05, 4.69) is 39.9 Å². The number of hydrogen-bond acceptors (Lipinski definition) is 2. The molecule has 0 fully saturated rings. The first kappa shape index (κ1) is 13.4. The molecule has 0 saturated carbocycles. The topological polar surface area (TPSA) is 27.1 Å². The Bertz CT molecular complexity index is 705. The molecule has 0 spiro atoms. The number of rotatable bonds is 5. The van der Waals surface area contributed by atoms with Crippen LogP contribution in [0.5, 0.6) is 5.75 Å². The third-order valence-electron chi connectivity index (χ3n) is 3.41. The summed E-state index contributed by atoms with van der Waals surface area (Å²) in [4.78, 5) is 4.11. The Kier molecular flexibility index (Phi) is 4.01. The molecule has 0 aliphatic carbocycles. The Balaban J connectivity index is 2.02. The first-order chi connectivity index (χ1) is 10.4. The molecule has 3 nitrogen and oxygen atoms in total.